The van der Waals surface area contributed by atoms with Crippen LogP contribution in [0.3, 0.4) is 0 Å². The third-order valence-corrected chi connectivity index (χ3v) is 3.53. The minimum atomic E-state index is 0.137. The van der Waals surface area contributed by atoms with E-state index >= 15 is 0 Å². The van der Waals surface area contributed by atoms with E-state index in [2.05, 4.69) is 18.7 Å². The Kier molecular flexibility index (Phi) is 6.56. The van der Waals surface area contributed by atoms with Crippen molar-refractivity contribution < 1.29 is 4.79 Å². The van der Waals surface area contributed by atoms with Gasteiger partial charge in [-0.15, -0.1) is 0 Å². The van der Waals surface area contributed by atoms with Crippen LogP contribution in [-0.2, 0) is 4.79 Å². The number of nitrogens with two attached hydrogens (primary N) is 1. The molecule has 0 aliphatic heterocycles. The summed E-state index contributed by atoms with van der Waals surface area (Å²) in [5, 5.41) is 0. The van der Waals surface area contributed by atoms with Gasteiger partial charge in [-0.25, -0.2) is 0 Å². The van der Waals surface area contributed by atoms with Crippen LogP contribution in [0.25, 0.3) is 0 Å². The smallest absolute Gasteiger partial charge is 0.227 e. The molecule has 0 heterocycles. The number of amides is 1. The van der Waals surface area contributed by atoms with Crippen LogP contribution >= 0.6 is 0 Å². The summed E-state index contributed by atoms with van der Waals surface area (Å²) in [6.07, 6.45) is 8.02. The minimum absolute atomic E-state index is 0.137. The first-order valence-electron chi connectivity index (χ1n) is 7.25. The van der Waals surface area contributed by atoms with Crippen molar-refractivity contribution in [2.75, 3.05) is 13.1 Å². The van der Waals surface area contributed by atoms with E-state index in [0.717, 1.165) is 32.4 Å². The summed E-state index contributed by atoms with van der Waals surface area (Å²) < 4.78 is 0. The molecule has 0 spiro atoms. The number of hydrogen-bond acceptors (Lipinski definition) is 2. The molecule has 100 valence electrons. The van der Waals surface area contributed by atoms with Crippen molar-refractivity contribution in [1.29, 1.82) is 0 Å². The van der Waals surface area contributed by atoms with Gasteiger partial charge in [0.15, 0.2) is 0 Å². The summed E-state index contributed by atoms with van der Waals surface area (Å²) in [6.45, 7) is 6.25. The summed E-state index contributed by atoms with van der Waals surface area (Å²) >= 11 is 0. The maximum absolute atomic E-state index is 12.2. The van der Waals surface area contributed by atoms with Gasteiger partial charge in [0.05, 0.1) is 5.92 Å². The Balaban J connectivity index is 2.31. The number of nitrogens with zero attached hydrogens (tertiary/aromatic N) is 1. The highest BCUT2D eigenvalue weighted by Crippen LogP contribution is 2.30. The normalized spacial score (nSPS) is 22.5. The van der Waals surface area contributed by atoms with Crippen molar-refractivity contribution in [3.8, 4) is 0 Å². The molecule has 1 fully saturated rings. The Morgan fingerprint density at radius 3 is 1.94 bits per heavy atom. The second kappa shape index (κ2) is 7.70. The molecular formula is C14H28N2O. The van der Waals surface area contributed by atoms with Gasteiger partial charge in [-0.2, -0.15) is 0 Å². The van der Waals surface area contributed by atoms with Crippen molar-refractivity contribution in [3.63, 3.8) is 0 Å². The fourth-order valence-corrected chi connectivity index (χ4v) is 2.17. The van der Waals surface area contributed by atoms with Gasteiger partial charge < -0.3 is 10.6 Å². The second-order valence-electron chi connectivity index (χ2n) is 5.25. The molecule has 0 radical (unpaired) electrons. The Hall–Kier alpha value is -0.570. The molecule has 0 saturated heterocycles. The maximum atomic E-state index is 12.2. The van der Waals surface area contributed by atoms with Crippen LogP contribution in [0.1, 0.15) is 58.8 Å². The van der Waals surface area contributed by atoms with Crippen LogP contribution < -0.4 is 5.73 Å². The fraction of sp³-hybridized carbons (Fsp3) is 0.929. The lowest BCUT2D eigenvalue weighted by Gasteiger charge is -2.22. The first kappa shape index (κ1) is 14.5. The molecule has 1 amide bonds. The average molecular weight is 240 g/mol. The van der Waals surface area contributed by atoms with Crippen molar-refractivity contribution in [2.45, 2.75) is 64.8 Å². The molecule has 0 aromatic carbocycles. The lowest BCUT2D eigenvalue weighted by atomic mass is 10.2. The number of carbonyl (C=O) groups is 1. The lowest BCUT2D eigenvalue weighted by molar-refractivity contribution is -0.132. The highest BCUT2D eigenvalue weighted by Gasteiger charge is 2.41. The molecule has 17 heavy (non-hydrogen) atoms. The SMILES string of the molecule is CCCCCN(CCCCC)C(=O)C1CC1N. The zero-order valence-corrected chi connectivity index (χ0v) is 11.5. The van der Waals surface area contributed by atoms with E-state index < -0.39 is 0 Å². The third kappa shape index (κ3) is 5.07. The molecular weight excluding hydrogens is 212 g/mol. The Morgan fingerprint density at radius 1 is 1.12 bits per heavy atom. The quantitative estimate of drug-likeness (QED) is 0.630. The number of unbranched alkanes of at least 4 members (excludes halogenated alkanes) is 4. The Labute approximate surface area is 106 Å². The van der Waals surface area contributed by atoms with E-state index in [9.17, 15) is 4.79 Å². The van der Waals surface area contributed by atoms with Gasteiger partial charge in [0.25, 0.3) is 0 Å². The number of hydrogen-bond donors (Lipinski definition) is 1. The van der Waals surface area contributed by atoms with Crippen LogP contribution in [0.15, 0.2) is 0 Å². The van der Waals surface area contributed by atoms with Gasteiger partial charge >= 0.3 is 0 Å². The summed E-state index contributed by atoms with van der Waals surface area (Å²) in [4.78, 5) is 14.2. The molecule has 1 aliphatic rings. The molecule has 0 aromatic rings. The van der Waals surface area contributed by atoms with Crippen molar-refractivity contribution in [2.24, 2.45) is 11.7 Å². The summed E-state index contributed by atoms with van der Waals surface area (Å²) in [5.74, 6) is 0.447. The van der Waals surface area contributed by atoms with Gasteiger partial charge in [0.2, 0.25) is 5.91 Å². The van der Waals surface area contributed by atoms with Gasteiger partial charge in [-0.3, -0.25) is 4.79 Å². The van der Waals surface area contributed by atoms with E-state index in [-0.39, 0.29) is 12.0 Å². The fourth-order valence-electron chi connectivity index (χ4n) is 2.17. The third-order valence-electron chi connectivity index (χ3n) is 3.53. The van der Waals surface area contributed by atoms with Crippen molar-refractivity contribution in [1.82, 2.24) is 4.90 Å². The van der Waals surface area contributed by atoms with E-state index in [1.165, 1.54) is 25.7 Å². The van der Waals surface area contributed by atoms with Gasteiger partial charge in [-0.05, 0) is 19.3 Å². The summed E-state index contributed by atoms with van der Waals surface area (Å²) in [5.41, 5.74) is 5.77. The average Bonchev–Trinajstić information content (AvgIpc) is 3.04. The second-order valence-corrected chi connectivity index (χ2v) is 5.25. The Bertz CT molecular complexity index is 220. The zero-order chi connectivity index (χ0) is 12.7. The van der Waals surface area contributed by atoms with Crippen LogP contribution in [0.5, 0.6) is 0 Å². The predicted octanol–water partition coefficient (Wildman–Crippen LogP) is 2.54. The van der Waals surface area contributed by atoms with Crippen LogP contribution in [-0.4, -0.2) is 29.9 Å². The number of carbonyl (C=O) groups excluding carboxylic acids is 1. The van der Waals surface area contributed by atoms with Crippen LogP contribution in [0, 0.1) is 5.92 Å². The number of rotatable bonds is 9. The first-order valence-corrected chi connectivity index (χ1v) is 7.25. The molecule has 1 saturated carbocycles. The standard InChI is InChI=1S/C14H28N2O/c1-3-5-7-9-16(10-8-6-4-2)14(17)12-11-13(12)15/h12-13H,3-11,15H2,1-2H3. The molecule has 3 heteroatoms. The highest BCUT2D eigenvalue weighted by atomic mass is 16.2. The predicted molar refractivity (Wildman–Crippen MR) is 71.7 cm³/mol. The first-order chi connectivity index (χ1) is 8.20. The Morgan fingerprint density at radius 2 is 1.59 bits per heavy atom. The summed E-state index contributed by atoms with van der Waals surface area (Å²) in [7, 11) is 0. The van der Waals surface area contributed by atoms with E-state index in [1.54, 1.807) is 0 Å². The van der Waals surface area contributed by atoms with Crippen LogP contribution in [0.4, 0.5) is 0 Å². The van der Waals surface area contributed by atoms with E-state index in [0.29, 0.717) is 5.91 Å². The largest absolute Gasteiger partial charge is 0.342 e. The molecule has 2 atom stereocenters. The van der Waals surface area contributed by atoms with Crippen LogP contribution in [0.2, 0.25) is 0 Å². The van der Waals surface area contributed by atoms with Crippen molar-refractivity contribution >= 4 is 5.91 Å². The van der Waals surface area contributed by atoms with Gasteiger partial charge in [0.1, 0.15) is 0 Å². The monoisotopic (exact) mass is 240 g/mol. The zero-order valence-electron chi connectivity index (χ0n) is 11.5. The highest BCUT2D eigenvalue weighted by molar-refractivity contribution is 5.82. The van der Waals surface area contributed by atoms with Gasteiger partial charge in [-0.1, -0.05) is 39.5 Å². The summed E-state index contributed by atoms with van der Waals surface area (Å²) in [6, 6.07) is 0.141. The lowest BCUT2D eigenvalue weighted by Crippen LogP contribution is -2.35. The molecule has 1 aliphatic carbocycles. The van der Waals surface area contributed by atoms with Crippen molar-refractivity contribution in [3.05, 3.63) is 0 Å². The molecule has 0 aromatic heterocycles. The molecule has 2 unspecified atom stereocenters. The molecule has 3 nitrogen and oxygen atoms in total. The molecule has 1 rings (SSSR count). The van der Waals surface area contributed by atoms with E-state index in [1.807, 2.05) is 0 Å². The minimum Gasteiger partial charge on any atom is -0.342 e. The topological polar surface area (TPSA) is 46.3 Å². The molecule has 0 bridgehead atoms. The van der Waals surface area contributed by atoms with E-state index in [4.69, 9.17) is 5.73 Å². The maximum Gasteiger partial charge on any atom is 0.227 e. The molecule has 2 N–H and O–H groups in total. The van der Waals surface area contributed by atoms with Gasteiger partial charge in [0, 0.05) is 19.1 Å².